The second-order valence-corrected chi connectivity index (χ2v) is 3.68. The van der Waals surface area contributed by atoms with Gasteiger partial charge in [0.25, 0.3) is 0 Å². The maximum atomic E-state index is 11.4. The van der Waals surface area contributed by atoms with Crippen LogP contribution >= 0.6 is 0 Å². The molecule has 2 aliphatic heterocycles. The van der Waals surface area contributed by atoms with E-state index in [9.17, 15) is 20.2 Å². The smallest absolute Gasteiger partial charge is 0.341 e. The van der Waals surface area contributed by atoms with Crippen molar-refractivity contribution in [3.63, 3.8) is 0 Å². The quantitative estimate of drug-likeness (QED) is 0.429. The van der Waals surface area contributed by atoms with E-state index in [1.807, 2.05) is 5.43 Å². The van der Waals surface area contributed by atoms with Crippen LogP contribution in [0, 0.1) is 5.21 Å². The van der Waals surface area contributed by atoms with Gasteiger partial charge in [0.1, 0.15) is 18.3 Å². The molecule has 1 saturated heterocycles. The first-order valence-corrected chi connectivity index (χ1v) is 4.90. The zero-order chi connectivity index (χ0) is 12.6. The Bertz CT molecular complexity index is 337. The van der Waals surface area contributed by atoms with Crippen molar-refractivity contribution in [3.8, 4) is 0 Å². The molecule has 0 bridgehead atoms. The van der Waals surface area contributed by atoms with Crippen molar-refractivity contribution in [2.75, 3.05) is 6.61 Å². The van der Waals surface area contributed by atoms with Crippen LogP contribution in [0.1, 0.15) is 0 Å². The van der Waals surface area contributed by atoms with E-state index in [4.69, 9.17) is 9.84 Å². The third-order valence-electron chi connectivity index (χ3n) is 2.59. The van der Waals surface area contributed by atoms with E-state index in [1.54, 1.807) is 0 Å². The minimum absolute atomic E-state index is 0.195. The highest BCUT2D eigenvalue weighted by atomic mass is 16.6. The highest BCUT2D eigenvalue weighted by Gasteiger charge is 2.46. The Hall–Kier alpha value is -1.39. The number of aliphatic hydroxyl groups is 3. The molecule has 1 fully saturated rings. The molecule has 0 spiro atoms. The zero-order valence-electron chi connectivity index (χ0n) is 8.63. The summed E-state index contributed by atoms with van der Waals surface area (Å²) in [5.74, 6) is 0. The fraction of sp³-hybridized carbons (Fsp3) is 0.625. The summed E-state index contributed by atoms with van der Waals surface area (Å²) in [6.45, 7) is -0.485. The van der Waals surface area contributed by atoms with Crippen LogP contribution in [0.2, 0.25) is 0 Å². The first kappa shape index (κ1) is 12.1. The molecule has 0 radical (unpaired) electrons. The number of carbonyl (C=O) groups is 1. The van der Waals surface area contributed by atoms with E-state index in [2.05, 4.69) is 0 Å². The Kier molecular flexibility index (Phi) is 3.17. The zero-order valence-corrected chi connectivity index (χ0v) is 8.63. The number of amides is 2. The molecule has 9 nitrogen and oxygen atoms in total. The van der Waals surface area contributed by atoms with E-state index < -0.39 is 37.2 Å². The number of hydrogen-bond acceptors (Lipinski definition) is 7. The average Bonchev–Trinajstić information content (AvgIpc) is 2.57. The average molecular weight is 246 g/mol. The summed E-state index contributed by atoms with van der Waals surface area (Å²) < 4.78 is 5.12. The van der Waals surface area contributed by atoms with E-state index in [-0.39, 0.29) is 5.17 Å². The summed E-state index contributed by atoms with van der Waals surface area (Å²) in [5.41, 5.74) is 1.92. The molecule has 17 heavy (non-hydrogen) atoms. The first-order valence-electron chi connectivity index (χ1n) is 4.90. The molecule has 0 unspecified atom stereocenters. The van der Waals surface area contributed by atoms with Gasteiger partial charge in [0, 0.05) is 12.4 Å². The number of nitrogens with one attached hydrogen (secondary N) is 1. The highest BCUT2D eigenvalue weighted by Crippen LogP contribution is 2.25. The van der Waals surface area contributed by atoms with E-state index in [1.165, 1.54) is 0 Å². The van der Waals surface area contributed by atoms with E-state index in [0.717, 1.165) is 17.3 Å². The molecule has 2 aliphatic rings. The van der Waals surface area contributed by atoms with Crippen molar-refractivity contribution >= 4 is 6.03 Å². The summed E-state index contributed by atoms with van der Waals surface area (Å²) in [7, 11) is 0. The normalized spacial score (nSPS) is 37.5. The van der Waals surface area contributed by atoms with Crippen LogP contribution in [-0.2, 0) is 4.74 Å². The van der Waals surface area contributed by atoms with Gasteiger partial charge < -0.3 is 30.4 Å². The summed E-state index contributed by atoms with van der Waals surface area (Å²) in [4.78, 5) is 12.4. The summed E-state index contributed by atoms with van der Waals surface area (Å²) in [6.07, 6.45) is -2.65. The molecule has 0 aliphatic carbocycles. The largest absolute Gasteiger partial charge is 0.739 e. The van der Waals surface area contributed by atoms with Gasteiger partial charge in [-0.1, -0.05) is 0 Å². The number of hydroxylamine groups is 1. The lowest BCUT2D eigenvalue weighted by Crippen LogP contribution is -2.53. The predicted molar refractivity (Wildman–Crippen MR) is 52.5 cm³/mol. The summed E-state index contributed by atoms with van der Waals surface area (Å²) in [5, 5.41) is 39.0. The molecular weight excluding hydrogens is 234 g/mol. The number of ether oxygens (including phenoxy) is 1. The van der Waals surface area contributed by atoms with Crippen LogP contribution < -0.4 is 5.43 Å². The molecule has 0 aromatic rings. The SMILES string of the molecule is O=C1NN([O-])C=CN1[C@@H]1O[C@@H](CO)[C@@H](O)[C@H]1O. The maximum absolute atomic E-state index is 11.4. The Morgan fingerprint density at radius 1 is 1.41 bits per heavy atom. The minimum atomic E-state index is -1.36. The lowest BCUT2D eigenvalue weighted by molar-refractivity contribution is -0.0680. The van der Waals surface area contributed by atoms with Gasteiger partial charge in [-0.2, -0.15) is 0 Å². The fourth-order valence-corrected chi connectivity index (χ4v) is 1.70. The van der Waals surface area contributed by atoms with Crippen LogP contribution in [0.25, 0.3) is 0 Å². The van der Waals surface area contributed by atoms with Gasteiger partial charge >= 0.3 is 6.03 Å². The van der Waals surface area contributed by atoms with Gasteiger partial charge in [0.2, 0.25) is 0 Å². The number of urea groups is 1. The monoisotopic (exact) mass is 246 g/mol. The number of nitrogens with zero attached hydrogens (tertiary/aromatic N) is 2. The number of carbonyl (C=O) groups excluding carboxylic acids is 1. The Labute approximate surface area is 96.0 Å². The Morgan fingerprint density at radius 2 is 2.12 bits per heavy atom. The number of rotatable bonds is 2. The lowest BCUT2D eigenvalue weighted by atomic mass is 10.1. The van der Waals surface area contributed by atoms with Crippen LogP contribution in [0.3, 0.4) is 0 Å². The number of hydrogen-bond donors (Lipinski definition) is 4. The first-order chi connectivity index (χ1) is 8.04. The minimum Gasteiger partial charge on any atom is -0.739 e. The predicted octanol–water partition coefficient (Wildman–Crippen LogP) is -2.36. The number of aliphatic hydroxyl groups excluding tert-OH is 3. The second-order valence-electron chi connectivity index (χ2n) is 3.68. The van der Waals surface area contributed by atoms with Crippen molar-refractivity contribution in [1.82, 2.24) is 15.5 Å². The molecule has 9 heteroatoms. The molecule has 4 N–H and O–H groups in total. The Morgan fingerprint density at radius 3 is 2.65 bits per heavy atom. The van der Waals surface area contributed by atoms with Gasteiger partial charge in [-0.25, -0.2) is 4.79 Å². The van der Waals surface area contributed by atoms with Gasteiger partial charge in [0.05, 0.1) is 6.61 Å². The Balaban J connectivity index is 2.13. The van der Waals surface area contributed by atoms with Crippen molar-refractivity contribution in [1.29, 1.82) is 0 Å². The summed E-state index contributed by atoms with van der Waals surface area (Å²) >= 11 is 0. The van der Waals surface area contributed by atoms with Crippen molar-refractivity contribution < 1.29 is 24.9 Å². The maximum Gasteiger partial charge on any atom is 0.341 e. The third-order valence-corrected chi connectivity index (χ3v) is 2.59. The summed E-state index contributed by atoms with van der Waals surface area (Å²) in [6, 6.07) is -0.794. The molecule has 4 atom stereocenters. The van der Waals surface area contributed by atoms with Crippen LogP contribution in [0.15, 0.2) is 12.4 Å². The third kappa shape index (κ3) is 2.06. The van der Waals surface area contributed by atoms with Crippen molar-refractivity contribution in [3.05, 3.63) is 17.6 Å². The van der Waals surface area contributed by atoms with Gasteiger partial charge in [0.15, 0.2) is 6.23 Å². The van der Waals surface area contributed by atoms with Crippen LogP contribution in [0.5, 0.6) is 0 Å². The fourth-order valence-electron chi connectivity index (χ4n) is 1.70. The molecule has 0 saturated carbocycles. The molecule has 2 rings (SSSR count). The van der Waals surface area contributed by atoms with Crippen LogP contribution in [-0.4, -0.2) is 62.6 Å². The van der Waals surface area contributed by atoms with Gasteiger partial charge in [-0.3, -0.25) is 10.3 Å². The van der Waals surface area contributed by atoms with Gasteiger partial charge in [-0.15, -0.1) is 0 Å². The number of hydrazine groups is 1. The molecule has 0 aromatic carbocycles. The molecule has 0 aromatic heterocycles. The van der Waals surface area contributed by atoms with Crippen molar-refractivity contribution in [2.24, 2.45) is 0 Å². The molecular formula is C8H12N3O6-. The molecule has 2 heterocycles. The van der Waals surface area contributed by atoms with Crippen molar-refractivity contribution in [2.45, 2.75) is 24.5 Å². The standard InChI is InChI=1S/C8H12N3O6/c12-3-4-5(13)6(14)7(17-4)10-1-2-11(16)9-8(10)15/h1-2,4-7,12-14H,3H2,(H,9,15)/q-1/t4-,5+,6+,7+/m0/s1. The second kappa shape index (κ2) is 4.47. The van der Waals surface area contributed by atoms with E-state index in [0.29, 0.717) is 0 Å². The lowest BCUT2D eigenvalue weighted by Gasteiger charge is -2.37. The topological polar surface area (TPSA) is 129 Å². The van der Waals surface area contributed by atoms with E-state index >= 15 is 0 Å². The highest BCUT2D eigenvalue weighted by molar-refractivity contribution is 5.76. The molecule has 96 valence electrons. The molecule has 2 amide bonds. The van der Waals surface area contributed by atoms with Gasteiger partial charge in [-0.05, 0) is 0 Å². The van der Waals surface area contributed by atoms with Crippen LogP contribution in [0.4, 0.5) is 4.79 Å².